The summed E-state index contributed by atoms with van der Waals surface area (Å²) in [7, 11) is 0. The summed E-state index contributed by atoms with van der Waals surface area (Å²) in [6, 6.07) is 0. The Balaban J connectivity index is 4.28. The molecule has 0 rings (SSSR count). The monoisotopic (exact) mass is 467 g/mol. The molecule has 0 aromatic rings. The zero-order chi connectivity index (χ0) is 13.3. The van der Waals surface area contributed by atoms with E-state index in [1.165, 1.54) is 0 Å². The molecule has 0 saturated carbocycles. The SMILES string of the molecule is CCCCCC(=O)ON(C(=O)CI)C(=O)CI. The van der Waals surface area contributed by atoms with Gasteiger partial charge in [-0.1, -0.05) is 64.9 Å². The van der Waals surface area contributed by atoms with Crippen molar-refractivity contribution in [3.63, 3.8) is 0 Å². The van der Waals surface area contributed by atoms with Gasteiger partial charge in [-0.25, -0.2) is 4.79 Å². The second-order valence-electron chi connectivity index (χ2n) is 3.27. The van der Waals surface area contributed by atoms with Crippen molar-refractivity contribution in [3.05, 3.63) is 0 Å². The number of amides is 2. The average Bonchev–Trinajstić information content (AvgIpc) is 2.34. The van der Waals surface area contributed by atoms with E-state index in [0.29, 0.717) is 11.5 Å². The molecule has 0 aliphatic rings. The second-order valence-corrected chi connectivity index (χ2v) is 4.80. The molecule has 0 fully saturated rings. The highest BCUT2D eigenvalue weighted by Crippen LogP contribution is 2.05. The number of nitrogens with zero attached hydrogens (tertiary/aromatic N) is 1. The van der Waals surface area contributed by atoms with Gasteiger partial charge in [-0.05, 0) is 6.42 Å². The third-order valence-electron chi connectivity index (χ3n) is 1.86. The standard InChI is InChI=1S/C10H15I2NO4/c1-2-3-4-5-10(16)17-13(8(14)6-11)9(15)7-12/h2-7H2,1H3. The van der Waals surface area contributed by atoms with Crippen molar-refractivity contribution in [3.8, 4) is 0 Å². The first-order valence-corrected chi connectivity index (χ1v) is 8.30. The zero-order valence-corrected chi connectivity index (χ0v) is 13.9. The van der Waals surface area contributed by atoms with E-state index in [4.69, 9.17) is 4.84 Å². The molecule has 0 saturated heterocycles. The number of halogens is 2. The number of hydrogen-bond donors (Lipinski definition) is 0. The van der Waals surface area contributed by atoms with Crippen LogP contribution in [0.1, 0.15) is 32.6 Å². The minimum absolute atomic E-state index is 0.0996. The largest absolute Gasteiger partial charge is 0.333 e. The van der Waals surface area contributed by atoms with E-state index in [1.54, 1.807) is 0 Å². The van der Waals surface area contributed by atoms with Gasteiger partial charge >= 0.3 is 5.97 Å². The third kappa shape index (κ3) is 7.17. The molecule has 7 heteroatoms. The van der Waals surface area contributed by atoms with Crippen LogP contribution in [0.25, 0.3) is 0 Å². The highest BCUT2D eigenvalue weighted by molar-refractivity contribution is 14.1. The lowest BCUT2D eigenvalue weighted by Crippen LogP contribution is -2.40. The Bertz CT molecular complexity index is 267. The Morgan fingerprint density at radius 1 is 1.06 bits per heavy atom. The Labute approximate surface area is 128 Å². The van der Waals surface area contributed by atoms with Crippen molar-refractivity contribution in [2.75, 3.05) is 8.86 Å². The van der Waals surface area contributed by atoms with Crippen LogP contribution in [-0.4, -0.2) is 31.7 Å². The summed E-state index contributed by atoms with van der Waals surface area (Å²) in [6.07, 6.45) is 2.86. The molecule has 17 heavy (non-hydrogen) atoms. The summed E-state index contributed by atoms with van der Waals surface area (Å²) >= 11 is 3.65. The van der Waals surface area contributed by atoms with Crippen molar-refractivity contribution in [2.45, 2.75) is 32.6 Å². The van der Waals surface area contributed by atoms with Crippen LogP contribution in [-0.2, 0) is 19.2 Å². The molecule has 0 heterocycles. The maximum Gasteiger partial charge on any atom is 0.333 e. The van der Waals surface area contributed by atoms with Crippen LogP contribution in [0.4, 0.5) is 0 Å². The second kappa shape index (κ2) is 10.0. The summed E-state index contributed by atoms with van der Waals surface area (Å²) < 4.78 is 0.199. The Hall–Kier alpha value is 0.0700. The highest BCUT2D eigenvalue weighted by Gasteiger charge is 2.24. The van der Waals surface area contributed by atoms with Crippen LogP contribution in [0.2, 0.25) is 0 Å². The van der Waals surface area contributed by atoms with Crippen LogP contribution >= 0.6 is 45.2 Å². The van der Waals surface area contributed by atoms with Gasteiger partial charge in [0.1, 0.15) is 0 Å². The quantitative estimate of drug-likeness (QED) is 0.261. The normalized spacial score (nSPS) is 9.82. The topological polar surface area (TPSA) is 63.7 Å². The molecule has 0 aromatic heterocycles. The summed E-state index contributed by atoms with van der Waals surface area (Å²) in [4.78, 5) is 39.0. The van der Waals surface area contributed by atoms with Crippen molar-refractivity contribution < 1.29 is 19.2 Å². The van der Waals surface area contributed by atoms with Gasteiger partial charge in [0.15, 0.2) is 0 Å². The molecule has 5 nitrogen and oxygen atoms in total. The molecule has 98 valence electrons. The molecule has 0 bridgehead atoms. The zero-order valence-electron chi connectivity index (χ0n) is 9.58. The summed E-state index contributed by atoms with van der Waals surface area (Å²) in [5, 5.41) is 0.577. The van der Waals surface area contributed by atoms with Gasteiger partial charge in [0.25, 0.3) is 11.8 Å². The fourth-order valence-electron chi connectivity index (χ4n) is 1.02. The number of rotatable bonds is 6. The number of carbonyl (C=O) groups is 3. The minimum atomic E-state index is -0.533. The highest BCUT2D eigenvalue weighted by atomic mass is 127. The van der Waals surface area contributed by atoms with Crippen molar-refractivity contribution >= 4 is 63.0 Å². The van der Waals surface area contributed by atoms with E-state index in [1.807, 2.05) is 52.1 Å². The Kier molecular flexibility index (Phi) is 10.1. The maximum atomic E-state index is 11.4. The molecule has 0 N–H and O–H groups in total. The third-order valence-corrected chi connectivity index (χ3v) is 3.16. The average molecular weight is 467 g/mol. The van der Waals surface area contributed by atoms with Crippen molar-refractivity contribution in [1.82, 2.24) is 5.06 Å². The maximum absolute atomic E-state index is 11.4. The molecule has 0 radical (unpaired) electrons. The minimum Gasteiger partial charge on any atom is -0.330 e. The van der Waals surface area contributed by atoms with Gasteiger partial charge < -0.3 is 4.84 Å². The molecular weight excluding hydrogens is 452 g/mol. The molecule has 0 atom stereocenters. The van der Waals surface area contributed by atoms with Crippen molar-refractivity contribution in [2.24, 2.45) is 0 Å². The lowest BCUT2D eigenvalue weighted by atomic mass is 10.2. The van der Waals surface area contributed by atoms with Crippen LogP contribution < -0.4 is 0 Å². The predicted octanol–water partition coefficient (Wildman–Crippen LogP) is 2.25. The first-order valence-electron chi connectivity index (χ1n) is 5.25. The van der Waals surface area contributed by atoms with Crippen LogP contribution in [0.15, 0.2) is 0 Å². The first kappa shape index (κ1) is 17.1. The number of hydrogen-bond acceptors (Lipinski definition) is 4. The Morgan fingerprint density at radius 3 is 2.00 bits per heavy atom. The van der Waals surface area contributed by atoms with E-state index in [9.17, 15) is 14.4 Å². The summed E-state index contributed by atoms with van der Waals surface area (Å²) in [5.74, 6) is -1.54. The molecule has 0 spiro atoms. The van der Waals surface area contributed by atoms with Crippen molar-refractivity contribution in [1.29, 1.82) is 0 Å². The van der Waals surface area contributed by atoms with Gasteiger partial charge in [0.2, 0.25) is 0 Å². The van der Waals surface area contributed by atoms with Crippen LogP contribution in [0, 0.1) is 0 Å². The lowest BCUT2D eigenvalue weighted by Gasteiger charge is -2.17. The molecule has 2 amide bonds. The van der Waals surface area contributed by atoms with Gasteiger partial charge in [-0.15, -0.1) is 5.06 Å². The predicted molar refractivity (Wildman–Crippen MR) is 79.9 cm³/mol. The molecular formula is C10H15I2NO4. The number of hydroxylamine groups is 2. The number of imide groups is 1. The van der Waals surface area contributed by atoms with E-state index < -0.39 is 17.8 Å². The van der Waals surface area contributed by atoms with Crippen LogP contribution in [0.3, 0.4) is 0 Å². The fraction of sp³-hybridized carbons (Fsp3) is 0.700. The lowest BCUT2D eigenvalue weighted by molar-refractivity contribution is -0.199. The van der Waals surface area contributed by atoms with E-state index in [-0.39, 0.29) is 15.3 Å². The Morgan fingerprint density at radius 2 is 1.59 bits per heavy atom. The van der Waals surface area contributed by atoms with Gasteiger partial charge in [0, 0.05) is 6.42 Å². The first-order chi connectivity index (χ1) is 8.06. The van der Waals surface area contributed by atoms with E-state index >= 15 is 0 Å². The molecule has 0 aliphatic heterocycles. The smallest absolute Gasteiger partial charge is 0.330 e. The van der Waals surface area contributed by atoms with Gasteiger partial charge in [0.05, 0.1) is 8.86 Å². The van der Waals surface area contributed by atoms with Crippen LogP contribution in [0.5, 0.6) is 0 Å². The summed E-state index contributed by atoms with van der Waals surface area (Å²) in [6.45, 7) is 2.02. The number of alkyl halides is 2. The molecule has 0 unspecified atom stereocenters. The molecule has 0 aromatic carbocycles. The van der Waals surface area contributed by atoms with Gasteiger partial charge in [-0.2, -0.15) is 0 Å². The fourth-order valence-corrected chi connectivity index (χ4v) is 1.64. The number of carbonyl (C=O) groups excluding carboxylic acids is 3. The van der Waals surface area contributed by atoms with Gasteiger partial charge in [-0.3, -0.25) is 9.59 Å². The molecule has 0 aliphatic carbocycles. The van der Waals surface area contributed by atoms with E-state index in [2.05, 4.69) is 0 Å². The number of unbranched alkanes of at least 4 members (excludes halogenated alkanes) is 2. The summed E-state index contributed by atoms with van der Waals surface area (Å²) in [5.41, 5.74) is 0. The van der Waals surface area contributed by atoms with E-state index in [0.717, 1.165) is 12.8 Å².